The van der Waals surface area contributed by atoms with Gasteiger partial charge >= 0.3 is 0 Å². The minimum atomic E-state index is -0.386. The van der Waals surface area contributed by atoms with Crippen LogP contribution in [0.3, 0.4) is 0 Å². The van der Waals surface area contributed by atoms with Crippen molar-refractivity contribution in [3.8, 4) is 0 Å². The molecule has 0 saturated heterocycles. The van der Waals surface area contributed by atoms with Crippen LogP contribution in [-0.2, 0) is 5.41 Å². The lowest BCUT2D eigenvalue weighted by molar-refractivity contribution is 0.150. The smallest absolute Gasteiger partial charge is 0.126 e. The second-order valence-corrected chi connectivity index (χ2v) is 4.24. The lowest BCUT2D eigenvalue weighted by Crippen LogP contribution is -2.23. The molecule has 0 aromatic heterocycles. The number of hydrogen-bond acceptors (Lipinski definition) is 1. The molecule has 0 spiro atoms. The van der Waals surface area contributed by atoms with Crippen LogP contribution >= 0.6 is 0 Å². The van der Waals surface area contributed by atoms with E-state index in [0.717, 1.165) is 18.4 Å². The zero-order valence-corrected chi connectivity index (χ0v) is 8.55. The van der Waals surface area contributed by atoms with Gasteiger partial charge in [-0.25, -0.2) is 4.39 Å². The molecule has 0 radical (unpaired) electrons. The summed E-state index contributed by atoms with van der Waals surface area (Å²) in [7, 11) is 0. The van der Waals surface area contributed by atoms with Gasteiger partial charge in [0.15, 0.2) is 0 Å². The van der Waals surface area contributed by atoms with Gasteiger partial charge in [-0.05, 0) is 43.9 Å². The van der Waals surface area contributed by atoms with Crippen molar-refractivity contribution in [2.24, 2.45) is 0 Å². The molecule has 2 rings (SSSR count). The first-order valence-electron chi connectivity index (χ1n) is 5.01. The van der Waals surface area contributed by atoms with Crippen molar-refractivity contribution in [1.29, 1.82) is 0 Å². The van der Waals surface area contributed by atoms with E-state index in [1.54, 1.807) is 19.9 Å². The minimum absolute atomic E-state index is 0.161. The molecule has 14 heavy (non-hydrogen) atoms. The maximum Gasteiger partial charge on any atom is 0.126 e. The first kappa shape index (κ1) is 9.66. The standard InChI is InChI=1S/C12H15FO/c1-8-10(4-3-5-11(8)13)12(6-7-12)9(2)14/h3-5,9,14H,6-7H2,1-2H3. The van der Waals surface area contributed by atoms with Crippen LogP contribution in [0.15, 0.2) is 18.2 Å². The van der Waals surface area contributed by atoms with Gasteiger partial charge in [0.2, 0.25) is 0 Å². The Bertz CT molecular complexity index is 353. The Hall–Kier alpha value is -0.890. The Labute approximate surface area is 83.6 Å². The van der Waals surface area contributed by atoms with Crippen molar-refractivity contribution < 1.29 is 9.50 Å². The van der Waals surface area contributed by atoms with Crippen LogP contribution in [0.2, 0.25) is 0 Å². The average Bonchev–Trinajstić information content (AvgIpc) is 2.90. The Morgan fingerprint density at radius 1 is 1.43 bits per heavy atom. The van der Waals surface area contributed by atoms with Crippen molar-refractivity contribution in [2.75, 3.05) is 0 Å². The molecule has 1 saturated carbocycles. The minimum Gasteiger partial charge on any atom is -0.392 e. The molecule has 2 heteroatoms. The average molecular weight is 194 g/mol. The summed E-state index contributed by atoms with van der Waals surface area (Å²) in [4.78, 5) is 0. The summed E-state index contributed by atoms with van der Waals surface area (Å²) in [6, 6.07) is 5.12. The summed E-state index contributed by atoms with van der Waals surface area (Å²) in [5.41, 5.74) is 1.50. The summed E-state index contributed by atoms with van der Waals surface area (Å²) < 4.78 is 13.3. The zero-order valence-electron chi connectivity index (χ0n) is 8.55. The molecule has 76 valence electrons. The molecule has 0 bridgehead atoms. The lowest BCUT2D eigenvalue weighted by Gasteiger charge is -2.21. The van der Waals surface area contributed by atoms with Crippen LogP contribution in [0.4, 0.5) is 4.39 Å². The number of halogens is 1. The highest BCUT2D eigenvalue weighted by atomic mass is 19.1. The summed E-state index contributed by atoms with van der Waals surface area (Å²) >= 11 is 0. The fourth-order valence-corrected chi connectivity index (χ4v) is 2.19. The summed E-state index contributed by atoms with van der Waals surface area (Å²) in [6.07, 6.45) is 1.55. The van der Waals surface area contributed by atoms with Gasteiger partial charge in [-0.3, -0.25) is 0 Å². The van der Waals surface area contributed by atoms with Gasteiger partial charge in [0.05, 0.1) is 6.10 Å². The number of hydrogen-bond donors (Lipinski definition) is 1. The van der Waals surface area contributed by atoms with Gasteiger partial charge in [-0.2, -0.15) is 0 Å². The predicted molar refractivity (Wildman–Crippen MR) is 53.7 cm³/mol. The summed E-state index contributed by atoms with van der Waals surface area (Å²) in [6.45, 7) is 3.57. The van der Waals surface area contributed by atoms with Gasteiger partial charge in [-0.15, -0.1) is 0 Å². The second-order valence-electron chi connectivity index (χ2n) is 4.24. The van der Waals surface area contributed by atoms with Crippen LogP contribution in [0.5, 0.6) is 0 Å². The van der Waals surface area contributed by atoms with E-state index >= 15 is 0 Å². The monoisotopic (exact) mass is 194 g/mol. The Morgan fingerprint density at radius 3 is 2.57 bits per heavy atom. The maximum absolute atomic E-state index is 13.3. The Kier molecular flexibility index (Phi) is 2.11. The Balaban J connectivity index is 2.47. The molecular formula is C12H15FO. The van der Waals surface area contributed by atoms with Crippen LogP contribution in [-0.4, -0.2) is 11.2 Å². The van der Waals surface area contributed by atoms with E-state index in [9.17, 15) is 9.50 Å². The van der Waals surface area contributed by atoms with Gasteiger partial charge in [0.25, 0.3) is 0 Å². The third-order valence-corrected chi connectivity index (χ3v) is 3.39. The third kappa shape index (κ3) is 1.25. The fourth-order valence-electron chi connectivity index (χ4n) is 2.19. The topological polar surface area (TPSA) is 20.2 Å². The molecule has 1 N–H and O–H groups in total. The molecule has 1 fully saturated rings. The van der Waals surface area contributed by atoms with E-state index in [2.05, 4.69) is 0 Å². The third-order valence-electron chi connectivity index (χ3n) is 3.39. The van der Waals surface area contributed by atoms with Crippen molar-refractivity contribution in [1.82, 2.24) is 0 Å². The van der Waals surface area contributed by atoms with E-state index in [1.165, 1.54) is 6.07 Å². The quantitative estimate of drug-likeness (QED) is 0.767. The number of aliphatic hydroxyl groups is 1. The SMILES string of the molecule is Cc1c(F)cccc1C1(C(C)O)CC1. The van der Waals surface area contributed by atoms with E-state index in [1.807, 2.05) is 6.07 Å². The number of aliphatic hydroxyl groups excluding tert-OH is 1. The molecule has 1 aromatic rings. The molecule has 1 unspecified atom stereocenters. The van der Waals surface area contributed by atoms with Crippen molar-refractivity contribution >= 4 is 0 Å². The van der Waals surface area contributed by atoms with E-state index < -0.39 is 0 Å². The maximum atomic E-state index is 13.3. The number of rotatable bonds is 2. The molecule has 1 aromatic carbocycles. The highest BCUT2D eigenvalue weighted by Crippen LogP contribution is 2.52. The van der Waals surface area contributed by atoms with Gasteiger partial charge in [-0.1, -0.05) is 12.1 Å². The first-order chi connectivity index (χ1) is 6.58. The van der Waals surface area contributed by atoms with E-state index in [4.69, 9.17) is 0 Å². The summed E-state index contributed by atoms with van der Waals surface area (Å²) in [5, 5.41) is 9.69. The summed E-state index contributed by atoms with van der Waals surface area (Å²) in [5.74, 6) is -0.172. The normalized spacial score (nSPS) is 20.6. The van der Waals surface area contributed by atoms with Crippen LogP contribution in [0, 0.1) is 12.7 Å². The Morgan fingerprint density at radius 2 is 2.07 bits per heavy atom. The van der Waals surface area contributed by atoms with Crippen LogP contribution < -0.4 is 0 Å². The van der Waals surface area contributed by atoms with E-state index in [-0.39, 0.29) is 17.3 Å². The molecular weight excluding hydrogens is 179 g/mol. The zero-order chi connectivity index (χ0) is 10.3. The molecule has 1 aliphatic rings. The van der Waals surface area contributed by atoms with E-state index in [0.29, 0.717) is 5.56 Å². The second kappa shape index (κ2) is 3.06. The fraction of sp³-hybridized carbons (Fsp3) is 0.500. The molecule has 1 atom stereocenters. The van der Waals surface area contributed by atoms with Gasteiger partial charge in [0, 0.05) is 5.41 Å². The van der Waals surface area contributed by atoms with Crippen molar-refractivity contribution in [2.45, 2.75) is 38.2 Å². The van der Waals surface area contributed by atoms with Crippen molar-refractivity contribution in [3.63, 3.8) is 0 Å². The van der Waals surface area contributed by atoms with Crippen LogP contribution in [0.25, 0.3) is 0 Å². The largest absolute Gasteiger partial charge is 0.392 e. The molecule has 1 nitrogen and oxygen atoms in total. The molecule has 0 heterocycles. The predicted octanol–water partition coefficient (Wildman–Crippen LogP) is 2.55. The molecule has 0 amide bonds. The molecule has 1 aliphatic carbocycles. The van der Waals surface area contributed by atoms with Gasteiger partial charge < -0.3 is 5.11 Å². The first-order valence-corrected chi connectivity index (χ1v) is 5.01. The number of benzene rings is 1. The van der Waals surface area contributed by atoms with Gasteiger partial charge in [0.1, 0.15) is 5.82 Å². The van der Waals surface area contributed by atoms with Crippen LogP contribution in [0.1, 0.15) is 30.9 Å². The lowest BCUT2D eigenvalue weighted by atomic mass is 9.87. The highest BCUT2D eigenvalue weighted by molar-refractivity contribution is 5.39. The molecule has 0 aliphatic heterocycles. The van der Waals surface area contributed by atoms with Crippen molar-refractivity contribution in [3.05, 3.63) is 35.1 Å². The highest BCUT2D eigenvalue weighted by Gasteiger charge is 2.49.